The number of aliphatic hydroxyl groups is 1. The molecule has 0 saturated heterocycles. The number of aliphatic hydroxyl groups excluding tert-OH is 1. The largest absolute Gasteiger partial charge is 0.481 e. The van der Waals surface area contributed by atoms with Crippen LogP contribution in [-0.2, 0) is 10.2 Å². The number of hydrogen-bond acceptors (Lipinski definition) is 3. The van der Waals surface area contributed by atoms with Crippen LogP contribution in [0, 0.1) is 5.82 Å². The number of halogens is 1. The van der Waals surface area contributed by atoms with E-state index in [-0.39, 0.29) is 13.2 Å². The van der Waals surface area contributed by atoms with Crippen molar-refractivity contribution >= 4 is 5.97 Å². The van der Waals surface area contributed by atoms with Crippen molar-refractivity contribution in [1.82, 2.24) is 0 Å². The number of rotatable bonds is 8. The molecule has 0 aliphatic heterocycles. The van der Waals surface area contributed by atoms with Crippen LogP contribution < -0.4 is 5.73 Å². The van der Waals surface area contributed by atoms with Gasteiger partial charge in [-0.1, -0.05) is 25.0 Å². The van der Waals surface area contributed by atoms with Gasteiger partial charge >= 0.3 is 5.97 Å². The molecule has 0 spiro atoms. The number of unbranched alkanes of at least 4 members (excludes halogenated alkanes) is 2. The minimum absolute atomic E-state index is 0.0785. The van der Waals surface area contributed by atoms with E-state index in [4.69, 9.17) is 10.8 Å². The monoisotopic (exact) mass is 269 g/mol. The lowest BCUT2D eigenvalue weighted by atomic mass is 9.76. The molecule has 0 fully saturated rings. The average Bonchev–Trinajstić information content (AvgIpc) is 2.39. The Balaban J connectivity index is 2.95. The van der Waals surface area contributed by atoms with Crippen molar-refractivity contribution in [2.45, 2.75) is 31.1 Å². The van der Waals surface area contributed by atoms with Crippen molar-refractivity contribution in [1.29, 1.82) is 0 Å². The summed E-state index contributed by atoms with van der Waals surface area (Å²) >= 11 is 0. The van der Waals surface area contributed by atoms with Crippen LogP contribution in [0.1, 0.15) is 31.2 Å². The van der Waals surface area contributed by atoms with Crippen LogP contribution in [-0.4, -0.2) is 29.3 Å². The van der Waals surface area contributed by atoms with E-state index in [1.165, 1.54) is 18.2 Å². The summed E-state index contributed by atoms with van der Waals surface area (Å²) in [7, 11) is 0. The number of benzene rings is 1. The molecule has 4 nitrogen and oxygen atoms in total. The topological polar surface area (TPSA) is 83.5 Å². The van der Waals surface area contributed by atoms with E-state index in [0.29, 0.717) is 24.8 Å². The molecule has 5 heteroatoms. The molecule has 0 saturated carbocycles. The van der Waals surface area contributed by atoms with Gasteiger partial charge in [-0.05, 0) is 30.5 Å². The SMILES string of the molecule is NCC(CCCCCO)(C(=O)O)c1cccc(F)c1. The number of aliphatic carboxylic acids is 1. The van der Waals surface area contributed by atoms with Crippen molar-refractivity contribution in [3.8, 4) is 0 Å². The standard InChI is InChI=1S/C14H20FNO3/c15-12-6-4-5-11(9-12)14(10-16,13(18)19)7-2-1-3-8-17/h4-6,9,17H,1-3,7-8,10,16H2,(H,18,19). The van der Waals surface area contributed by atoms with E-state index >= 15 is 0 Å². The summed E-state index contributed by atoms with van der Waals surface area (Å²) in [6.07, 6.45) is 2.31. The van der Waals surface area contributed by atoms with Crippen molar-refractivity contribution in [2.75, 3.05) is 13.2 Å². The van der Waals surface area contributed by atoms with Gasteiger partial charge in [-0.2, -0.15) is 0 Å². The Morgan fingerprint density at radius 3 is 2.58 bits per heavy atom. The zero-order valence-electron chi connectivity index (χ0n) is 10.8. The Morgan fingerprint density at radius 2 is 2.05 bits per heavy atom. The Labute approximate surface area is 112 Å². The fraction of sp³-hybridized carbons (Fsp3) is 0.500. The molecular weight excluding hydrogens is 249 g/mol. The predicted molar refractivity (Wildman–Crippen MR) is 70.3 cm³/mol. The fourth-order valence-electron chi connectivity index (χ4n) is 2.18. The molecular formula is C14H20FNO3. The summed E-state index contributed by atoms with van der Waals surface area (Å²) in [5.74, 6) is -1.50. The molecule has 0 aromatic heterocycles. The minimum Gasteiger partial charge on any atom is -0.481 e. The van der Waals surface area contributed by atoms with E-state index < -0.39 is 17.2 Å². The minimum atomic E-state index is -1.25. The number of nitrogens with two attached hydrogens (primary N) is 1. The number of carbonyl (C=O) groups is 1. The Kier molecular flexibility index (Phi) is 5.92. The molecule has 0 heterocycles. The van der Waals surface area contributed by atoms with Crippen LogP contribution in [0.5, 0.6) is 0 Å². The lowest BCUT2D eigenvalue weighted by Crippen LogP contribution is -2.43. The summed E-state index contributed by atoms with van der Waals surface area (Å²) in [4.78, 5) is 11.6. The van der Waals surface area contributed by atoms with Gasteiger partial charge in [0.25, 0.3) is 0 Å². The number of hydrogen-bond donors (Lipinski definition) is 3. The summed E-state index contributed by atoms with van der Waals surface area (Å²) in [6.45, 7) is 0.00751. The maximum atomic E-state index is 13.3. The zero-order valence-corrected chi connectivity index (χ0v) is 10.8. The van der Waals surface area contributed by atoms with E-state index in [0.717, 1.165) is 6.42 Å². The van der Waals surface area contributed by atoms with Crippen LogP contribution >= 0.6 is 0 Å². The molecule has 1 aromatic carbocycles. The molecule has 0 radical (unpaired) electrons. The van der Waals surface area contributed by atoms with Crippen molar-refractivity contribution in [3.63, 3.8) is 0 Å². The quantitative estimate of drug-likeness (QED) is 0.627. The fourth-order valence-corrected chi connectivity index (χ4v) is 2.18. The summed E-state index contributed by atoms with van der Waals surface area (Å²) in [6, 6.07) is 5.59. The van der Waals surface area contributed by atoms with Gasteiger partial charge in [0.05, 0.1) is 0 Å². The van der Waals surface area contributed by atoms with Gasteiger partial charge in [0, 0.05) is 13.2 Å². The second-order valence-corrected chi connectivity index (χ2v) is 4.64. The normalized spacial score (nSPS) is 14.1. The summed E-state index contributed by atoms with van der Waals surface area (Å²) < 4.78 is 13.3. The first-order valence-corrected chi connectivity index (χ1v) is 6.37. The van der Waals surface area contributed by atoms with Gasteiger partial charge in [0.2, 0.25) is 0 Å². The highest BCUT2D eigenvalue weighted by molar-refractivity contribution is 5.81. The van der Waals surface area contributed by atoms with Crippen LogP contribution in [0.15, 0.2) is 24.3 Å². The highest BCUT2D eigenvalue weighted by Gasteiger charge is 2.38. The first kappa shape index (κ1) is 15.6. The summed E-state index contributed by atoms with van der Waals surface area (Å²) in [5.41, 5.74) is 4.80. The van der Waals surface area contributed by atoms with Crippen molar-refractivity contribution in [3.05, 3.63) is 35.6 Å². The third-order valence-corrected chi connectivity index (χ3v) is 3.40. The third-order valence-electron chi connectivity index (χ3n) is 3.40. The van der Waals surface area contributed by atoms with Gasteiger partial charge in [-0.3, -0.25) is 4.79 Å². The van der Waals surface area contributed by atoms with E-state index in [9.17, 15) is 14.3 Å². The first-order valence-electron chi connectivity index (χ1n) is 6.37. The smallest absolute Gasteiger partial charge is 0.315 e. The first-order chi connectivity index (χ1) is 9.06. The zero-order chi connectivity index (χ0) is 14.3. The maximum Gasteiger partial charge on any atom is 0.315 e. The molecule has 4 N–H and O–H groups in total. The maximum absolute atomic E-state index is 13.3. The second-order valence-electron chi connectivity index (χ2n) is 4.64. The molecule has 1 unspecified atom stereocenters. The highest BCUT2D eigenvalue weighted by atomic mass is 19.1. The summed E-state index contributed by atoms with van der Waals surface area (Å²) in [5, 5.41) is 18.2. The third kappa shape index (κ3) is 3.75. The van der Waals surface area contributed by atoms with E-state index in [1.54, 1.807) is 6.07 Å². The van der Waals surface area contributed by atoms with Crippen LogP contribution in [0.4, 0.5) is 4.39 Å². The Morgan fingerprint density at radius 1 is 1.32 bits per heavy atom. The average molecular weight is 269 g/mol. The molecule has 1 rings (SSSR count). The van der Waals surface area contributed by atoms with Gasteiger partial charge in [-0.25, -0.2) is 4.39 Å². The van der Waals surface area contributed by atoms with Gasteiger partial charge < -0.3 is 15.9 Å². The molecule has 19 heavy (non-hydrogen) atoms. The lowest BCUT2D eigenvalue weighted by molar-refractivity contribution is -0.143. The van der Waals surface area contributed by atoms with Crippen molar-refractivity contribution in [2.24, 2.45) is 5.73 Å². The van der Waals surface area contributed by atoms with Crippen molar-refractivity contribution < 1.29 is 19.4 Å². The second kappa shape index (κ2) is 7.21. The van der Waals surface area contributed by atoms with E-state index in [1.807, 2.05) is 0 Å². The highest BCUT2D eigenvalue weighted by Crippen LogP contribution is 2.30. The van der Waals surface area contributed by atoms with Crippen LogP contribution in [0.2, 0.25) is 0 Å². The molecule has 0 bridgehead atoms. The number of carboxylic acids is 1. The van der Waals surface area contributed by atoms with Gasteiger partial charge in [-0.15, -0.1) is 0 Å². The molecule has 0 aliphatic rings. The molecule has 0 aliphatic carbocycles. The number of carboxylic acid groups (broad SMARTS) is 1. The van der Waals surface area contributed by atoms with Crippen LogP contribution in [0.25, 0.3) is 0 Å². The predicted octanol–water partition coefficient (Wildman–Crippen LogP) is 1.66. The molecule has 1 aromatic rings. The Hall–Kier alpha value is -1.46. The molecule has 1 atom stereocenters. The molecule has 106 valence electrons. The Bertz CT molecular complexity index is 425. The van der Waals surface area contributed by atoms with Gasteiger partial charge in [0.15, 0.2) is 0 Å². The van der Waals surface area contributed by atoms with Crippen LogP contribution in [0.3, 0.4) is 0 Å². The molecule has 0 amide bonds. The van der Waals surface area contributed by atoms with E-state index in [2.05, 4.69) is 0 Å². The van der Waals surface area contributed by atoms with Gasteiger partial charge in [0.1, 0.15) is 11.2 Å². The lowest BCUT2D eigenvalue weighted by Gasteiger charge is -2.28.